The van der Waals surface area contributed by atoms with Crippen LogP contribution >= 0.6 is 12.4 Å². The summed E-state index contributed by atoms with van der Waals surface area (Å²) in [5.41, 5.74) is 1.74. The van der Waals surface area contributed by atoms with Crippen molar-refractivity contribution < 1.29 is 14.3 Å². The molecule has 0 spiro atoms. The molecule has 25 heavy (non-hydrogen) atoms. The van der Waals surface area contributed by atoms with E-state index in [0.717, 1.165) is 17.9 Å². The van der Waals surface area contributed by atoms with Crippen LogP contribution in [0.4, 0.5) is 0 Å². The van der Waals surface area contributed by atoms with E-state index in [1.807, 2.05) is 42.5 Å². The number of nitrogens with one attached hydrogen (secondary N) is 2. The van der Waals surface area contributed by atoms with Crippen LogP contribution in [0.1, 0.15) is 15.9 Å². The number of amides is 1. The quantitative estimate of drug-likeness (QED) is 0.636. The van der Waals surface area contributed by atoms with Crippen LogP contribution in [0, 0.1) is 0 Å². The number of rotatable bonds is 10. The first kappa shape index (κ1) is 21.0. The molecule has 2 aromatic rings. The van der Waals surface area contributed by atoms with Crippen LogP contribution in [0.2, 0.25) is 0 Å². The highest BCUT2D eigenvalue weighted by atomic mass is 35.5. The molecule has 0 radical (unpaired) electrons. The van der Waals surface area contributed by atoms with E-state index in [4.69, 9.17) is 9.47 Å². The molecule has 0 saturated carbocycles. The van der Waals surface area contributed by atoms with E-state index in [-0.39, 0.29) is 18.3 Å². The van der Waals surface area contributed by atoms with Crippen molar-refractivity contribution in [1.29, 1.82) is 0 Å². The summed E-state index contributed by atoms with van der Waals surface area (Å²) in [7, 11) is 1.66. The molecule has 0 unspecified atom stereocenters. The molecule has 0 bridgehead atoms. The minimum Gasteiger partial charge on any atom is -0.489 e. The number of carbonyl (C=O) groups excluding carboxylic acids is 1. The first-order valence-electron chi connectivity index (χ1n) is 8.04. The Labute approximate surface area is 155 Å². The van der Waals surface area contributed by atoms with Crippen molar-refractivity contribution in [1.82, 2.24) is 10.6 Å². The summed E-state index contributed by atoms with van der Waals surface area (Å²) in [6.45, 7) is 3.25. The predicted molar refractivity (Wildman–Crippen MR) is 102 cm³/mol. The van der Waals surface area contributed by atoms with E-state index < -0.39 is 0 Å². The minimum atomic E-state index is -0.0850. The third kappa shape index (κ3) is 8.03. The highest BCUT2D eigenvalue weighted by Gasteiger charge is 2.05. The van der Waals surface area contributed by atoms with Gasteiger partial charge in [-0.2, -0.15) is 0 Å². The second kappa shape index (κ2) is 12.3. The van der Waals surface area contributed by atoms with Crippen LogP contribution in [-0.4, -0.2) is 39.3 Å². The lowest BCUT2D eigenvalue weighted by Gasteiger charge is -2.08. The fraction of sp³-hybridized carbons (Fsp3) is 0.316. The zero-order chi connectivity index (χ0) is 17.0. The number of halogens is 1. The summed E-state index contributed by atoms with van der Waals surface area (Å²) in [4.78, 5) is 12.0. The van der Waals surface area contributed by atoms with Crippen LogP contribution < -0.4 is 15.4 Å². The number of methoxy groups -OCH3 is 1. The molecule has 136 valence electrons. The van der Waals surface area contributed by atoms with Crippen molar-refractivity contribution in [3.8, 4) is 5.75 Å². The number of carbonyl (C=O) groups is 1. The van der Waals surface area contributed by atoms with Crippen LogP contribution in [-0.2, 0) is 11.3 Å². The van der Waals surface area contributed by atoms with Gasteiger partial charge in [0.15, 0.2) is 0 Å². The Morgan fingerprint density at radius 3 is 2.36 bits per heavy atom. The van der Waals surface area contributed by atoms with Gasteiger partial charge in [-0.05, 0) is 29.8 Å². The van der Waals surface area contributed by atoms with Crippen molar-refractivity contribution in [3.63, 3.8) is 0 Å². The van der Waals surface area contributed by atoms with Crippen LogP contribution in [0.25, 0.3) is 0 Å². The number of hydrogen-bond acceptors (Lipinski definition) is 4. The summed E-state index contributed by atoms with van der Waals surface area (Å²) < 4.78 is 10.6. The summed E-state index contributed by atoms with van der Waals surface area (Å²) in [6.07, 6.45) is 0. The van der Waals surface area contributed by atoms with E-state index in [2.05, 4.69) is 10.6 Å². The summed E-state index contributed by atoms with van der Waals surface area (Å²) >= 11 is 0. The van der Waals surface area contributed by atoms with Gasteiger partial charge in [-0.1, -0.05) is 30.3 Å². The van der Waals surface area contributed by atoms with Gasteiger partial charge in [0.25, 0.3) is 5.91 Å². The van der Waals surface area contributed by atoms with Crippen LogP contribution in [0.3, 0.4) is 0 Å². The lowest BCUT2D eigenvalue weighted by Crippen LogP contribution is -2.33. The number of hydrogen-bond donors (Lipinski definition) is 2. The lowest BCUT2D eigenvalue weighted by molar-refractivity contribution is 0.0953. The fourth-order valence-electron chi connectivity index (χ4n) is 2.11. The molecule has 0 aromatic heterocycles. The van der Waals surface area contributed by atoms with E-state index in [0.29, 0.717) is 31.9 Å². The monoisotopic (exact) mass is 364 g/mol. The van der Waals surface area contributed by atoms with E-state index in [1.165, 1.54) is 0 Å². The van der Waals surface area contributed by atoms with Gasteiger partial charge in [0.2, 0.25) is 0 Å². The number of ether oxygens (including phenoxy) is 2. The summed E-state index contributed by atoms with van der Waals surface area (Å²) in [5, 5.41) is 6.04. The fourth-order valence-corrected chi connectivity index (χ4v) is 2.11. The topological polar surface area (TPSA) is 59.6 Å². The molecule has 0 aliphatic carbocycles. The molecule has 0 heterocycles. The maximum absolute atomic E-state index is 12.0. The smallest absolute Gasteiger partial charge is 0.251 e. The maximum atomic E-state index is 12.0. The molecule has 0 atom stereocenters. The Morgan fingerprint density at radius 2 is 1.68 bits per heavy atom. The average molecular weight is 365 g/mol. The third-order valence-corrected chi connectivity index (χ3v) is 3.44. The van der Waals surface area contributed by atoms with Crippen molar-refractivity contribution in [2.24, 2.45) is 0 Å². The Hall–Kier alpha value is -2.08. The molecule has 0 aliphatic rings. The third-order valence-electron chi connectivity index (χ3n) is 3.44. The summed E-state index contributed by atoms with van der Waals surface area (Å²) in [6, 6.07) is 17.1. The predicted octanol–water partition coefficient (Wildman–Crippen LogP) is 2.65. The molecule has 1 amide bonds. The molecule has 2 rings (SSSR count). The highest BCUT2D eigenvalue weighted by Crippen LogP contribution is 2.14. The standard InChI is InChI=1S/C19H24N2O3.ClH/c1-23-14-13-20-11-12-21-19(22)17-7-9-18(10-8-17)24-15-16-5-3-2-4-6-16;/h2-10,20H,11-15H2,1H3,(H,21,22);1H. The molecule has 5 nitrogen and oxygen atoms in total. The molecule has 0 aliphatic heterocycles. The SMILES string of the molecule is COCCNCCNC(=O)c1ccc(OCc2ccccc2)cc1.Cl. The molecule has 2 aromatic carbocycles. The van der Waals surface area contributed by atoms with Crippen molar-refractivity contribution >= 4 is 18.3 Å². The average Bonchev–Trinajstić information content (AvgIpc) is 2.64. The molecular weight excluding hydrogens is 340 g/mol. The Balaban J connectivity index is 0.00000312. The van der Waals surface area contributed by atoms with Gasteiger partial charge < -0.3 is 20.1 Å². The maximum Gasteiger partial charge on any atom is 0.251 e. The zero-order valence-electron chi connectivity index (χ0n) is 14.4. The Bertz CT molecular complexity index is 606. The molecule has 0 saturated heterocycles. The normalized spacial score (nSPS) is 9.96. The van der Waals surface area contributed by atoms with Crippen molar-refractivity contribution in [3.05, 3.63) is 65.7 Å². The second-order valence-corrected chi connectivity index (χ2v) is 5.30. The van der Waals surface area contributed by atoms with Gasteiger partial charge in [-0.15, -0.1) is 12.4 Å². The van der Waals surface area contributed by atoms with Crippen molar-refractivity contribution in [2.45, 2.75) is 6.61 Å². The van der Waals surface area contributed by atoms with Gasteiger partial charge in [0.1, 0.15) is 12.4 Å². The zero-order valence-corrected chi connectivity index (χ0v) is 15.2. The van der Waals surface area contributed by atoms with E-state index >= 15 is 0 Å². The molecule has 2 N–H and O–H groups in total. The Morgan fingerprint density at radius 1 is 0.960 bits per heavy atom. The van der Waals surface area contributed by atoms with Crippen molar-refractivity contribution in [2.75, 3.05) is 33.4 Å². The first-order chi connectivity index (χ1) is 11.8. The molecule has 0 fully saturated rings. The van der Waals surface area contributed by atoms with E-state index in [9.17, 15) is 4.79 Å². The number of benzene rings is 2. The second-order valence-electron chi connectivity index (χ2n) is 5.30. The molecular formula is C19H25ClN2O3. The van der Waals surface area contributed by atoms with Gasteiger partial charge in [0, 0.05) is 32.3 Å². The van der Waals surface area contributed by atoms with Crippen LogP contribution in [0.15, 0.2) is 54.6 Å². The van der Waals surface area contributed by atoms with Gasteiger partial charge in [-0.25, -0.2) is 0 Å². The van der Waals surface area contributed by atoms with Crippen LogP contribution in [0.5, 0.6) is 5.75 Å². The first-order valence-corrected chi connectivity index (χ1v) is 8.04. The van der Waals surface area contributed by atoms with Gasteiger partial charge >= 0.3 is 0 Å². The van der Waals surface area contributed by atoms with E-state index in [1.54, 1.807) is 19.2 Å². The highest BCUT2D eigenvalue weighted by molar-refractivity contribution is 5.94. The minimum absolute atomic E-state index is 0. The summed E-state index contributed by atoms with van der Waals surface area (Å²) in [5.74, 6) is 0.662. The lowest BCUT2D eigenvalue weighted by atomic mass is 10.2. The van der Waals surface area contributed by atoms with Gasteiger partial charge in [0.05, 0.1) is 6.61 Å². The molecule has 6 heteroatoms. The largest absolute Gasteiger partial charge is 0.489 e. The Kier molecular flexibility index (Phi) is 10.3. The van der Waals surface area contributed by atoms with Gasteiger partial charge in [-0.3, -0.25) is 4.79 Å².